The number of hydrogen-bond acceptors (Lipinski definition) is 3. The van der Waals surface area contributed by atoms with E-state index in [0.29, 0.717) is 11.3 Å². The van der Waals surface area contributed by atoms with Crippen LogP contribution < -0.4 is 4.74 Å². The van der Waals surface area contributed by atoms with Crippen LogP contribution in [0.3, 0.4) is 0 Å². The Balaban J connectivity index is 3.17. The first kappa shape index (κ1) is 13.3. The standard InChI is InChI=1S/C11H12Cl2O3/c1-3-7(14)11(15)6-4-5-8(16-2)10(13)9(6)12/h4-5,11,15H,3H2,1-2H3. The summed E-state index contributed by atoms with van der Waals surface area (Å²) in [6.45, 7) is 1.67. The zero-order valence-electron chi connectivity index (χ0n) is 8.96. The number of methoxy groups -OCH3 is 1. The van der Waals surface area contributed by atoms with E-state index in [1.807, 2.05) is 0 Å². The molecule has 0 aliphatic rings. The molecule has 1 N–H and O–H groups in total. The molecule has 1 aromatic rings. The summed E-state index contributed by atoms with van der Waals surface area (Å²) in [7, 11) is 1.46. The number of benzene rings is 1. The summed E-state index contributed by atoms with van der Waals surface area (Å²) >= 11 is 11.9. The maximum atomic E-state index is 11.3. The highest BCUT2D eigenvalue weighted by Crippen LogP contribution is 2.37. The quantitative estimate of drug-likeness (QED) is 0.908. The minimum Gasteiger partial charge on any atom is -0.495 e. The van der Waals surface area contributed by atoms with Crippen LogP contribution in [-0.4, -0.2) is 18.0 Å². The zero-order valence-corrected chi connectivity index (χ0v) is 10.5. The van der Waals surface area contributed by atoms with Crippen molar-refractivity contribution < 1.29 is 14.6 Å². The summed E-state index contributed by atoms with van der Waals surface area (Å²) in [4.78, 5) is 11.3. The number of ketones is 1. The first-order valence-corrected chi connectivity index (χ1v) is 5.51. The molecule has 0 aromatic heterocycles. The second-order valence-corrected chi connectivity index (χ2v) is 3.96. The average Bonchev–Trinajstić information content (AvgIpc) is 2.30. The normalized spacial score (nSPS) is 12.3. The monoisotopic (exact) mass is 262 g/mol. The molecule has 0 bridgehead atoms. The van der Waals surface area contributed by atoms with Gasteiger partial charge in [-0.2, -0.15) is 0 Å². The van der Waals surface area contributed by atoms with Gasteiger partial charge in [0, 0.05) is 12.0 Å². The predicted octanol–water partition coefficient (Wildman–Crippen LogP) is 3.01. The highest BCUT2D eigenvalue weighted by molar-refractivity contribution is 6.43. The maximum absolute atomic E-state index is 11.3. The molecule has 0 amide bonds. The molecule has 3 nitrogen and oxygen atoms in total. The number of halogens is 2. The first-order chi connectivity index (χ1) is 7.52. The molecular formula is C11H12Cl2O3. The van der Waals surface area contributed by atoms with Crippen molar-refractivity contribution in [1.82, 2.24) is 0 Å². The molecule has 0 spiro atoms. The maximum Gasteiger partial charge on any atom is 0.165 e. The number of ether oxygens (including phenoxy) is 1. The molecule has 0 saturated heterocycles. The lowest BCUT2D eigenvalue weighted by atomic mass is 10.0. The van der Waals surface area contributed by atoms with E-state index in [0.717, 1.165) is 0 Å². The molecule has 1 atom stereocenters. The van der Waals surface area contributed by atoms with Crippen LogP contribution in [0, 0.1) is 0 Å². The highest BCUT2D eigenvalue weighted by atomic mass is 35.5. The van der Waals surface area contributed by atoms with Crippen LogP contribution in [0.5, 0.6) is 5.75 Å². The molecule has 1 unspecified atom stereocenters. The number of carbonyl (C=O) groups is 1. The molecule has 1 aromatic carbocycles. The van der Waals surface area contributed by atoms with Crippen molar-refractivity contribution in [2.45, 2.75) is 19.4 Å². The van der Waals surface area contributed by atoms with E-state index >= 15 is 0 Å². The first-order valence-electron chi connectivity index (χ1n) is 4.75. The third kappa shape index (κ3) is 2.48. The van der Waals surface area contributed by atoms with Gasteiger partial charge in [-0.15, -0.1) is 0 Å². The number of hydrogen-bond donors (Lipinski definition) is 1. The van der Waals surface area contributed by atoms with Crippen LogP contribution in [0.1, 0.15) is 25.0 Å². The van der Waals surface area contributed by atoms with Gasteiger partial charge in [0.05, 0.1) is 12.1 Å². The molecular weight excluding hydrogens is 251 g/mol. The average molecular weight is 263 g/mol. The van der Waals surface area contributed by atoms with Crippen molar-refractivity contribution in [1.29, 1.82) is 0 Å². The lowest BCUT2D eigenvalue weighted by molar-refractivity contribution is -0.127. The predicted molar refractivity (Wildman–Crippen MR) is 63.3 cm³/mol. The van der Waals surface area contributed by atoms with E-state index < -0.39 is 6.10 Å². The van der Waals surface area contributed by atoms with Gasteiger partial charge >= 0.3 is 0 Å². The van der Waals surface area contributed by atoms with E-state index in [1.165, 1.54) is 13.2 Å². The molecule has 0 heterocycles. The molecule has 88 valence electrons. The van der Waals surface area contributed by atoms with Gasteiger partial charge in [-0.3, -0.25) is 4.79 Å². The van der Waals surface area contributed by atoms with Gasteiger partial charge in [0.1, 0.15) is 16.9 Å². The lowest BCUT2D eigenvalue weighted by Gasteiger charge is -2.13. The smallest absolute Gasteiger partial charge is 0.165 e. The summed E-state index contributed by atoms with van der Waals surface area (Å²) in [5.74, 6) is 0.106. The summed E-state index contributed by atoms with van der Waals surface area (Å²) < 4.78 is 4.96. The van der Waals surface area contributed by atoms with Gasteiger partial charge < -0.3 is 9.84 Å². The largest absolute Gasteiger partial charge is 0.495 e. The highest BCUT2D eigenvalue weighted by Gasteiger charge is 2.21. The van der Waals surface area contributed by atoms with E-state index in [9.17, 15) is 9.90 Å². The Bertz CT molecular complexity index is 404. The van der Waals surface area contributed by atoms with Gasteiger partial charge in [-0.05, 0) is 6.07 Å². The zero-order chi connectivity index (χ0) is 12.3. The van der Waals surface area contributed by atoms with Gasteiger partial charge in [-0.1, -0.05) is 36.2 Å². The molecule has 0 saturated carbocycles. The van der Waals surface area contributed by atoms with Crippen LogP contribution in [0.15, 0.2) is 12.1 Å². The molecule has 0 fully saturated rings. The topological polar surface area (TPSA) is 46.5 Å². The second-order valence-electron chi connectivity index (χ2n) is 3.21. The Hall–Kier alpha value is -0.770. The minimum absolute atomic E-state index is 0.148. The van der Waals surface area contributed by atoms with Gasteiger partial charge in [0.2, 0.25) is 0 Å². The van der Waals surface area contributed by atoms with E-state index in [2.05, 4.69) is 0 Å². The van der Waals surface area contributed by atoms with Crippen molar-refractivity contribution in [2.24, 2.45) is 0 Å². The van der Waals surface area contributed by atoms with Crippen molar-refractivity contribution in [3.8, 4) is 5.75 Å². The van der Waals surface area contributed by atoms with Crippen molar-refractivity contribution >= 4 is 29.0 Å². The fourth-order valence-electron chi connectivity index (χ4n) is 1.28. The Morgan fingerprint density at radius 1 is 1.44 bits per heavy atom. The molecule has 0 aliphatic carbocycles. The van der Waals surface area contributed by atoms with Crippen LogP contribution >= 0.6 is 23.2 Å². The van der Waals surface area contributed by atoms with E-state index in [-0.39, 0.29) is 22.2 Å². The third-order valence-corrected chi connectivity index (χ3v) is 3.12. The fraction of sp³-hybridized carbons (Fsp3) is 0.364. The SMILES string of the molecule is CCC(=O)C(O)c1ccc(OC)c(Cl)c1Cl. The Morgan fingerprint density at radius 2 is 2.06 bits per heavy atom. The lowest BCUT2D eigenvalue weighted by Crippen LogP contribution is -2.11. The van der Waals surface area contributed by atoms with Crippen LogP contribution in [-0.2, 0) is 4.79 Å². The summed E-state index contributed by atoms with van der Waals surface area (Å²) in [5, 5.41) is 10.1. The Kier molecular flexibility index (Phi) is 4.59. The third-order valence-electron chi connectivity index (χ3n) is 2.24. The van der Waals surface area contributed by atoms with Crippen LogP contribution in [0.2, 0.25) is 10.0 Å². The number of Topliss-reactive ketones (excluding diaryl/α,β-unsaturated/α-hetero) is 1. The summed E-state index contributed by atoms with van der Waals surface area (Å²) in [6, 6.07) is 3.10. The minimum atomic E-state index is -1.24. The van der Waals surface area contributed by atoms with Crippen LogP contribution in [0.4, 0.5) is 0 Å². The van der Waals surface area contributed by atoms with E-state index in [4.69, 9.17) is 27.9 Å². The molecule has 0 aliphatic heterocycles. The van der Waals surface area contributed by atoms with Crippen LogP contribution in [0.25, 0.3) is 0 Å². The van der Waals surface area contributed by atoms with Gasteiger partial charge in [0.25, 0.3) is 0 Å². The summed E-state index contributed by atoms with van der Waals surface area (Å²) in [5.41, 5.74) is 0.305. The Morgan fingerprint density at radius 3 is 2.56 bits per heavy atom. The molecule has 16 heavy (non-hydrogen) atoms. The van der Waals surface area contributed by atoms with E-state index in [1.54, 1.807) is 13.0 Å². The van der Waals surface area contributed by atoms with Gasteiger partial charge in [-0.25, -0.2) is 0 Å². The summed E-state index contributed by atoms with van der Waals surface area (Å²) in [6.07, 6.45) is -0.998. The molecule has 1 rings (SSSR count). The fourth-order valence-corrected chi connectivity index (χ4v) is 1.79. The van der Waals surface area contributed by atoms with Crippen molar-refractivity contribution in [3.63, 3.8) is 0 Å². The number of carbonyl (C=O) groups excluding carboxylic acids is 1. The van der Waals surface area contributed by atoms with Crippen molar-refractivity contribution in [2.75, 3.05) is 7.11 Å². The molecule has 0 radical (unpaired) electrons. The number of rotatable bonds is 4. The second kappa shape index (κ2) is 5.53. The number of aliphatic hydroxyl groups excluding tert-OH is 1. The van der Waals surface area contributed by atoms with Crippen molar-refractivity contribution in [3.05, 3.63) is 27.7 Å². The van der Waals surface area contributed by atoms with Gasteiger partial charge in [0.15, 0.2) is 5.78 Å². The molecule has 5 heteroatoms. The number of aliphatic hydroxyl groups is 1. The Labute approximate surface area is 104 Å².